The van der Waals surface area contributed by atoms with E-state index in [-0.39, 0.29) is 24.4 Å². The molecule has 2 aliphatic rings. The van der Waals surface area contributed by atoms with Crippen molar-refractivity contribution in [1.29, 1.82) is 0 Å². The Morgan fingerprint density at radius 2 is 1.67 bits per heavy atom. The lowest BCUT2D eigenvalue weighted by molar-refractivity contribution is -0.346. The van der Waals surface area contributed by atoms with Crippen LogP contribution in [-0.2, 0) is 19.6 Å². The summed E-state index contributed by atoms with van der Waals surface area (Å²) in [6.07, 6.45) is 3.05. The highest BCUT2D eigenvalue weighted by molar-refractivity contribution is 5.18. The SMILES string of the molecule is C=C[C@@H]1C[C@H]([C@@H]2C[C@H](c3ccccc3)OO2)OO1. The second kappa shape index (κ2) is 5.20. The van der Waals surface area contributed by atoms with Gasteiger partial charge in [0.1, 0.15) is 24.4 Å². The minimum atomic E-state index is -0.0832. The summed E-state index contributed by atoms with van der Waals surface area (Å²) in [5.41, 5.74) is 1.12. The average molecular weight is 248 g/mol. The minimum Gasteiger partial charge on any atom is -0.230 e. The Labute approximate surface area is 106 Å². The molecule has 0 aromatic heterocycles. The zero-order valence-electron chi connectivity index (χ0n) is 10.0. The number of benzene rings is 1. The van der Waals surface area contributed by atoms with Gasteiger partial charge in [0.05, 0.1) is 0 Å². The van der Waals surface area contributed by atoms with E-state index in [1.165, 1.54) is 0 Å². The van der Waals surface area contributed by atoms with E-state index in [1.54, 1.807) is 6.08 Å². The van der Waals surface area contributed by atoms with Gasteiger partial charge in [-0.05, 0) is 5.56 Å². The average Bonchev–Trinajstić information content (AvgIpc) is 3.08. The first-order chi connectivity index (χ1) is 8.86. The highest BCUT2D eigenvalue weighted by Crippen LogP contribution is 2.35. The molecule has 2 aliphatic heterocycles. The predicted octanol–water partition coefficient (Wildman–Crippen LogP) is 2.72. The lowest BCUT2D eigenvalue weighted by Crippen LogP contribution is -2.24. The maximum Gasteiger partial charge on any atom is 0.125 e. The minimum absolute atomic E-state index is 0.0254. The van der Waals surface area contributed by atoms with E-state index in [1.807, 2.05) is 30.3 Å². The van der Waals surface area contributed by atoms with Crippen LogP contribution < -0.4 is 0 Å². The quantitative estimate of drug-likeness (QED) is 0.609. The van der Waals surface area contributed by atoms with Gasteiger partial charge in [0, 0.05) is 12.8 Å². The smallest absolute Gasteiger partial charge is 0.125 e. The molecule has 0 unspecified atom stereocenters. The van der Waals surface area contributed by atoms with E-state index in [2.05, 4.69) is 6.58 Å². The van der Waals surface area contributed by atoms with Crippen molar-refractivity contribution in [2.75, 3.05) is 0 Å². The van der Waals surface area contributed by atoms with Crippen molar-refractivity contribution >= 4 is 0 Å². The van der Waals surface area contributed by atoms with Crippen LogP contribution in [0.2, 0.25) is 0 Å². The third kappa shape index (κ3) is 2.33. The van der Waals surface area contributed by atoms with E-state index < -0.39 is 0 Å². The van der Waals surface area contributed by atoms with Crippen molar-refractivity contribution in [3.8, 4) is 0 Å². The molecule has 96 valence electrons. The van der Waals surface area contributed by atoms with Gasteiger partial charge in [0.15, 0.2) is 0 Å². The van der Waals surface area contributed by atoms with Crippen LogP contribution in [0.1, 0.15) is 24.5 Å². The molecule has 1 aromatic carbocycles. The largest absolute Gasteiger partial charge is 0.230 e. The highest BCUT2D eigenvalue weighted by atomic mass is 17.2. The summed E-state index contributed by atoms with van der Waals surface area (Å²) in [4.78, 5) is 21.1. The van der Waals surface area contributed by atoms with Gasteiger partial charge in [-0.25, -0.2) is 19.6 Å². The molecule has 4 nitrogen and oxygen atoms in total. The van der Waals surface area contributed by atoms with Crippen molar-refractivity contribution in [3.05, 3.63) is 48.6 Å². The van der Waals surface area contributed by atoms with E-state index in [4.69, 9.17) is 19.6 Å². The van der Waals surface area contributed by atoms with Crippen LogP contribution in [0.3, 0.4) is 0 Å². The number of rotatable bonds is 3. The fourth-order valence-electron chi connectivity index (χ4n) is 2.30. The Bertz CT molecular complexity index is 406. The lowest BCUT2D eigenvalue weighted by atomic mass is 9.99. The molecule has 18 heavy (non-hydrogen) atoms. The third-order valence-electron chi connectivity index (χ3n) is 3.36. The van der Waals surface area contributed by atoms with Crippen LogP contribution in [0.5, 0.6) is 0 Å². The Balaban J connectivity index is 1.61. The molecule has 4 atom stereocenters. The second-order valence-electron chi connectivity index (χ2n) is 4.61. The number of hydrogen-bond donors (Lipinski definition) is 0. The molecule has 0 N–H and O–H groups in total. The number of hydrogen-bond acceptors (Lipinski definition) is 4. The van der Waals surface area contributed by atoms with Crippen LogP contribution in [0, 0.1) is 0 Å². The molecule has 0 radical (unpaired) electrons. The van der Waals surface area contributed by atoms with Gasteiger partial charge >= 0.3 is 0 Å². The fourth-order valence-corrected chi connectivity index (χ4v) is 2.30. The van der Waals surface area contributed by atoms with Gasteiger partial charge in [-0.1, -0.05) is 36.4 Å². The zero-order chi connectivity index (χ0) is 12.4. The summed E-state index contributed by atoms with van der Waals surface area (Å²) in [6.45, 7) is 3.69. The van der Waals surface area contributed by atoms with Crippen LogP contribution >= 0.6 is 0 Å². The van der Waals surface area contributed by atoms with E-state index in [9.17, 15) is 0 Å². The Hall–Kier alpha value is -1.20. The Morgan fingerprint density at radius 3 is 2.39 bits per heavy atom. The molecule has 2 fully saturated rings. The van der Waals surface area contributed by atoms with Crippen LogP contribution in [0.4, 0.5) is 0 Å². The Kier molecular flexibility index (Phi) is 3.43. The summed E-state index contributed by atoms with van der Waals surface area (Å²) in [6, 6.07) is 10.0. The van der Waals surface area contributed by atoms with Gasteiger partial charge in [-0.3, -0.25) is 0 Å². The monoisotopic (exact) mass is 248 g/mol. The molecule has 0 amide bonds. The fraction of sp³-hybridized carbons (Fsp3) is 0.429. The molecule has 0 aliphatic carbocycles. The van der Waals surface area contributed by atoms with Crippen molar-refractivity contribution in [3.63, 3.8) is 0 Å². The Morgan fingerprint density at radius 1 is 0.944 bits per heavy atom. The van der Waals surface area contributed by atoms with Crippen LogP contribution in [0.25, 0.3) is 0 Å². The summed E-state index contributed by atoms with van der Waals surface area (Å²) in [5, 5.41) is 0. The predicted molar refractivity (Wildman–Crippen MR) is 64.3 cm³/mol. The van der Waals surface area contributed by atoms with Crippen LogP contribution in [-0.4, -0.2) is 18.3 Å². The maximum absolute atomic E-state index is 5.37. The zero-order valence-corrected chi connectivity index (χ0v) is 10.0. The highest BCUT2D eigenvalue weighted by Gasteiger charge is 2.40. The standard InChI is InChI=1S/C14H16O4/c1-2-11-8-13(17-15-11)14-9-12(16-18-14)10-6-4-3-5-7-10/h2-7,11-14H,1,8-9H2/t11-,12-,13-,14+/m1/s1. The molecule has 1 aromatic rings. The normalized spacial score (nSPS) is 35.8. The van der Waals surface area contributed by atoms with Crippen molar-refractivity contribution in [2.45, 2.75) is 37.3 Å². The van der Waals surface area contributed by atoms with Gasteiger partial charge in [0.2, 0.25) is 0 Å². The molecule has 2 heterocycles. The maximum atomic E-state index is 5.37. The molecule has 0 spiro atoms. The van der Waals surface area contributed by atoms with E-state index in [0.29, 0.717) is 0 Å². The summed E-state index contributed by atoms with van der Waals surface area (Å²) in [7, 11) is 0. The van der Waals surface area contributed by atoms with Crippen molar-refractivity contribution in [2.24, 2.45) is 0 Å². The lowest BCUT2D eigenvalue weighted by Gasteiger charge is -2.11. The molecule has 3 rings (SSSR count). The molecule has 4 heteroatoms. The van der Waals surface area contributed by atoms with Crippen molar-refractivity contribution < 1.29 is 19.6 Å². The van der Waals surface area contributed by atoms with Gasteiger partial charge in [-0.2, -0.15) is 0 Å². The van der Waals surface area contributed by atoms with Crippen molar-refractivity contribution in [1.82, 2.24) is 0 Å². The molecule has 2 saturated heterocycles. The first-order valence-electron chi connectivity index (χ1n) is 6.18. The third-order valence-corrected chi connectivity index (χ3v) is 3.36. The molecule has 0 bridgehead atoms. The summed E-state index contributed by atoms with van der Waals surface area (Å²) in [5.74, 6) is 0. The van der Waals surface area contributed by atoms with Crippen LogP contribution in [0.15, 0.2) is 43.0 Å². The van der Waals surface area contributed by atoms with Gasteiger partial charge in [-0.15, -0.1) is 6.58 Å². The van der Waals surface area contributed by atoms with E-state index >= 15 is 0 Å². The van der Waals surface area contributed by atoms with E-state index in [0.717, 1.165) is 18.4 Å². The molecular weight excluding hydrogens is 232 g/mol. The summed E-state index contributed by atoms with van der Waals surface area (Å²) >= 11 is 0. The summed E-state index contributed by atoms with van der Waals surface area (Å²) < 4.78 is 0. The first kappa shape index (κ1) is 11.9. The second-order valence-corrected chi connectivity index (χ2v) is 4.61. The first-order valence-corrected chi connectivity index (χ1v) is 6.18. The molecular formula is C14H16O4. The topological polar surface area (TPSA) is 36.9 Å². The van der Waals surface area contributed by atoms with Gasteiger partial charge < -0.3 is 0 Å². The molecule has 0 saturated carbocycles. The van der Waals surface area contributed by atoms with Gasteiger partial charge in [0.25, 0.3) is 0 Å².